The SMILES string of the molecule is CCCC(CCC)c1cccc(C(CCC)CCC)c1N1C(Cl)=C(Cl)N(c2c(C(CCC)CCC)cccc2C(CCC)CCC)[CH]1[Pd]([Cl])[Cl]. The molecule has 50 heavy (non-hydrogen) atoms. The first-order valence-corrected chi connectivity index (χ1v) is 25.7. The fraction of sp³-hybridized carbons (Fsp3) is 0.674. The average Bonchev–Trinajstić information content (AvgIpc) is 3.36. The van der Waals surface area contributed by atoms with E-state index in [2.05, 4.69) is 102 Å². The number of rotatable bonds is 23. The monoisotopic (exact) mass is 857 g/mol. The molecule has 2 nitrogen and oxygen atoms in total. The Morgan fingerprint density at radius 2 is 0.680 bits per heavy atom. The second-order valence-electron chi connectivity index (χ2n) is 14.5. The topological polar surface area (TPSA) is 6.48 Å². The van der Waals surface area contributed by atoms with Crippen LogP contribution < -0.4 is 9.80 Å². The zero-order chi connectivity index (χ0) is 36.8. The molecule has 2 aromatic carbocycles. The van der Waals surface area contributed by atoms with Crippen molar-refractivity contribution in [1.29, 1.82) is 0 Å². The molecule has 0 spiro atoms. The molecule has 1 aliphatic heterocycles. The van der Waals surface area contributed by atoms with Gasteiger partial charge in [0.25, 0.3) is 0 Å². The zero-order valence-electron chi connectivity index (χ0n) is 32.4. The number of anilines is 2. The van der Waals surface area contributed by atoms with E-state index in [-0.39, 0.29) is 4.64 Å². The van der Waals surface area contributed by atoms with Crippen LogP contribution in [0.1, 0.15) is 204 Å². The number of para-hydroxylation sites is 2. The molecule has 0 atom stereocenters. The van der Waals surface area contributed by atoms with E-state index in [0.29, 0.717) is 34.0 Å². The van der Waals surface area contributed by atoms with Crippen LogP contribution >= 0.6 is 42.3 Å². The van der Waals surface area contributed by atoms with Gasteiger partial charge in [-0.15, -0.1) is 0 Å². The predicted molar refractivity (Wildman–Crippen MR) is 222 cm³/mol. The average molecular weight is 860 g/mol. The van der Waals surface area contributed by atoms with Crippen molar-refractivity contribution in [3.8, 4) is 0 Å². The fourth-order valence-electron chi connectivity index (χ4n) is 8.65. The van der Waals surface area contributed by atoms with Gasteiger partial charge in [-0.05, 0) is 0 Å². The first-order chi connectivity index (χ1) is 24.2. The van der Waals surface area contributed by atoms with Crippen LogP contribution in [-0.4, -0.2) is 4.64 Å². The van der Waals surface area contributed by atoms with E-state index in [0.717, 1.165) is 103 Å². The summed E-state index contributed by atoms with van der Waals surface area (Å²) in [6.45, 7) is 18.4. The van der Waals surface area contributed by atoms with Gasteiger partial charge in [-0.2, -0.15) is 0 Å². The Hall–Kier alpha value is -0.398. The summed E-state index contributed by atoms with van der Waals surface area (Å²) < 4.78 is -0.371. The summed E-state index contributed by atoms with van der Waals surface area (Å²) in [5.41, 5.74) is 7.91. The molecule has 1 aliphatic rings. The van der Waals surface area contributed by atoms with Crippen LogP contribution in [0.15, 0.2) is 46.7 Å². The van der Waals surface area contributed by atoms with Crippen LogP contribution in [0, 0.1) is 0 Å². The molecule has 0 radical (unpaired) electrons. The zero-order valence-corrected chi connectivity index (χ0v) is 37.0. The first-order valence-electron chi connectivity index (χ1n) is 20.0. The van der Waals surface area contributed by atoms with Gasteiger partial charge in [0.2, 0.25) is 0 Å². The van der Waals surface area contributed by atoms with E-state index >= 15 is 0 Å². The number of nitrogens with zero attached hydrogens (tertiary/aromatic N) is 2. The third-order valence-corrected chi connectivity index (χ3v) is 14.3. The van der Waals surface area contributed by atoms with Gasteiger partial charge in [0.15, 0.2) is 0 Å². The molecule has 0 N–H and O–H groups in total. The van der Waals surface area contributed by atoms with Gasteiger partial charge >= 0.3 is 334 Å². The summed E-state index contributed by atoms with van der Waals surface area (Å²) in [6, 6.07) is 14.0. The van der Waals surface area contributed by atoms with E-state index in [1.807, 2.05) is 0 Å². The van der Waals surface area contributed by atoms with Crippen LogP contribution in [0.2, 0.25) is 0 Å². The summed E-state index contributed by atoms with van der Waals surface area (Å²) in [5, 5.41) is 1.12. The molecule has 0 aromatic heterocycles. The van der Waals surface area contributed by atoms with E-state index in [9.17, 15) is 0 Å². The van der Waals surface area contributed by atoms with E-state index in [1.54, 1.807) is 0 Å². The summed E-state index contributed by atoms with van der Waals surface area (Å²) >= 11 is 13.1. The van der Waals surface area contributed by atoms with Crippen molar-refractivity contribution in [3.63, 3.8) is 0 Å². The van der Waals surface area contributed by atoms with Gasteiger partial charge in [0, 0.05) is 0 Å². The van der Waals surface area contributed by atoms with Gasteiger partial charge in [-0.25, -0.2) is 0 Å². The molecular weight excluding hydrogens is 793 g/mol. The summed E-state index contributed by atoms with van der Waals surface area (Å²) in [5.74, 6) is 1.68. The van der Waals surface area contributed by atoms with Crippen molar-refractivity contribution in [2.45, 2.75) is 186 Å². The minimum atomic E-state index is -2.23. The molecule has 3 rings (SSSR count). The third-order valence-electron chi connectivity index (χ3n) is 10.6. The van der Waals surface area contributed by atoms with Crippen LogP contribution in [0.5, 0.6) is 0 Å². The number of hydrogen-bond donors (Lipinski definition) is 0. The molecule has 0 unspecified atom stereocenters. The van der Waals surface area contributed by atoms with Gasteiger partial charge < -0.3 is 0 Å². The molecule has 0 saturated heterocycles. The Morgan fingerprint density at radius 3 is 0.860 bits per heavy atom. The van der Waals surface area contributed by atoms with E-state index in [1.165, 1.54) is 33.6 Å². The second kappa shape index (κ2) is 22.7. The van der Waals surface area contributed by atoms with Crippen molar-refractivity contribution in [3.05, 3.63) is 69.0 Å². The molecule has 0 fully saturated rings. The molecule has 0 saturated carbocycles. The predicted octanol–water partition coefficient (Wildman–Crippen LogP) is 16.6. The van der Waals surface area contributed by atoms with E-state index in [4.69, 9.17) is 42.3 Å². The standard InChI is InChI=1S/C43H67Cl2N2.2ClH.Pd/c1-9-19-32(20-10-2)36-27-17-28-37(33(21-11-3)22-12-4)40(36)46-31-47(43(45)42(46)44)41-38(34(23-13-5)24-14-6)29-18-30-39(41)35(25-15-7)26-16-8;;;/h17-18,27-35H,9-16,19-26H2,1-8H3;2*1H;/q;;;+2/p-2. The van der Waals surface area contributed by atoms with Crippen LogP contribution in [0.3, 0.4) is 0 Å². The molecule has 2 aromatic rings. The van der Waals surface area contributed by atoms with Crippen molar-refractivity contribution in [1.82, 2.24) is 0 Å². The number of hydrogen-bond acceptors (Lipinski definition) is 2. The molecule has 0 bridgehead atoms. The normalized spacial score (nSPS) is 14.5. The van der Waals surface area contributed by atoms with Gasteiger partial charge in [-0.1, -0.05) is 0 Å². The van der Waals surface area contributed by atoms with E-state index < -0.39 is 14.7 Å². The Morgan fingerprint density at radius 1 is 0.460 bits per heavy atom. The minimum absolute atomic E-state index is 0.371. The van der Waals surface area contributed by atoms with Crippen LogP contribution in [0.4, 0.5) is 11.4 Å². The quantitative estimate of drug-likeness (QED) is 0.0811. The number of benzene rings is 2. The fourth-order valence-corrected chi connectivity index (χ4v) is 12.3. The first kappa shape index (κ1) is 44.0. The van der Waals surface area contributed by atoms with Gasteiger partial charge in [0.1, 0.15) is 0 Å². The Kier molecular flexibility index (Phi) is 20.0. The maximum atomic E-state index is 7.65. The summed E-state index contributed by atoms with van der Waals surface area (Å²) in [7, 11) is 14.8. The molecule has 287 valence electrons. The Bertz CT molecular complexity index is 1140. The molecule has 0 aliphatic carbocycles. The van der Waals surface area contributed by atoms with Crippen molar-refractivity contribution in [2.24, 2.45) is 0 Å². The Balaban J connectivity index is 2.47. The molecular formula is C43H67Cl4N2Pd. The molecule has 1 heterocycles. The molecule has 7 heteroatoms. The van der Waals surface area contributed by atoms with Gasteiger partial charge in [0.05, 0.1) is 0 Å². The summed E-state index contributed by atoms with van der Waals surface area (Å²) in [4.78, 5) is 4.63. The molecule has 0 amide bonds. The Labute approximate surface area is 331 Å². The maximum absolute atomic E-state index is 7.65. The van der Waals surface area contributed by atoms with Crippen molar-refractivity contribution in [2.75, 3.05) is 9.80 Å². The summed E-state index contributed by atoms with van der Waals surface area (Å²) in [6.07, 6.45) is 18.1. The van der Waals surface area contributed by atoms with Crippen LogP contribution in [0.25, 0.3) is 0 Å². The second-order valence-corrected chi connectivity index (χ2v) is 20.6. The third kappa shape index (κ3) is 10.4. The van der Waals surface area contributed by atoms with Crippen LogP contribution in [-0.2, 0) is 14.7 Å². The number of halogens is 4. The van der Waals surface area contributed by atoms with Gasteiger partial charge in [-0.3, -0.25) is 0 Å². The van der Waals surface area contributed by atoms with Crippen molar-refractivity contribution < 1.29 is 14.7 Å². The van der Waals surface area contributed by atoms with Crippen molar-refractivity contribution >= 4 is 53.6 Å².